The molecule has 2 aromatic heterocycles. The second-order valence-corrected chi connectivity index (χ2v) is 15.2. The third kappa shape index (κ3) is 4.26. The molecule has 0 aliphatic heterocycles. The van der Waals surface area contributed by atoms with Gasteiger partial charge in [0.15, 0.2) is 5.82 Å². The molecule has 2 heterocycles. The number of nitrogens with zero attached hydrogens (tertiary/aromatic N) is 2. The van der Waals surface area contributed by atoms with E-state index >= 15 is 0 Å². The van der Waals surface area contributed by atoms with Crippen LogP contribution < -0.4 is 0 Å². The van der Waals surface area contributed by atoms with Crippen LogP contribution in [0.5, 0.6) is 0 Å². The van der Waals surface area contributed by atoms with Gasteiger partial charge in [-0.1, -0.05) is 133 Å². The van der Waals surface area contributed by atoms with Gasteiger partial charge in [0.05, 0.1) is 11.4 Å². The second kappa shape index (κ2) is 10.9. The molecule has 10 aromatic carbocycles. The Bertz CT molecular complexity index is 3450. The van der Waals surface area contributed by atoms with Crippen molar-refractivity contribution in [3.8, 4) is 33.9 Å². The van der Waals surface area contributed by atoms with Gasteiger partial charge in [-0.05, 0) is 101 Å². The van der Waals surface area contributed by atoms with Crippen LogP contribution >= 0.6 is 11.3 Å². The molecule has 0 bridgehead atoms. The Balaban J connectivity index is 1.20. The highest BCUT2D eigenvalue weighted by Gasteiger charge is 2.18. The van der Waals surface area contributed by atoms with Gasteiger partial charge in [-0.3, -0.25) is 0 Å². The first-order valence-electron chi connectivity index (χ1n) is 18.1. The van der Waals surface area contributed by atoms with Crippen molar-refractivity contribution >= 4 is 96.1 Å². The minimum Gasteiger partial charge on any atom is -0.228 e. The van der Waals surface area contributed by atoms with E-state index in [0.717, 1.165) is 33.9 Å². The molecular weight excluding hydrogens is 661 g/mol. The number of benzene rings is 9. The topological polar surface area (TPSA) is 25.8 Å². The summed E-state index contributed by atoms with van der Waals surface area (Å²) in [4.78, 5) is 10.5. The minimum absolute atomic E-state index is 0.720. The molecule has 0 aliphatic carbocycles. The highest BCUT2D eigenvalue weighted by Crippen LogP contribution is 2.45. The Kier molecular flexibility index (Phi) is 5.96. The monoisotopic (exact) mass is 688 g/mol. The number of thiophene rings is 1. The predicted molar refractivity (Wildman–Crippen MR) is 227 cm³/mol. The summed E-state index contributed by atoms with van der Waals surface area (Å²) in [5.41, 5.74) is 4.97. The zero-order valence-electron chi connectivity index (χ0n) is 28.5. The minimum atomic E-state index is 0.720. The van der Waals surface area contributed by atoms with Crippen molar-refractivity contribution in [1.29, 1.82) is 0 Å². The van der Waals surface area contributed by atoms with Crippen LogP contribution in [-0.2, 0) is 0 Å². The van der Waals surface area contributed by atoms with Gasteiger partial charge in [0.25, 0.3) is 0 Å². The summed E-state index contributed by atoms with van der Waals surface area (Å²) < 4.78 is 2.58. The van der Waals surface area contributed by atoms with E-state index < -0.39 is 0 Å². The van der Waals surface area contributed by atoms with Crippen molar-refractivity contribution < 1.29 is 0 Å². The lowest BCUT2D eigenvalue weighted by Gasteiger charge is -2.17. The van der Waals surface area contributed by atoms with Gasteiger partial charge in [-0.25, -0.2) is 9.97 Å². The SMILES string of the molecule is c1ccc(-c2nc(-c3ccc4sc5ccccc5c4c3)cc(-c3cc4ccc5cccc6c7cccc8ccc9cccc(c(c3)c4c56)c9c87)n2)cc1. The summed E-state index contributed by atoms with van der Waals surface area (Å²) in [5, 5.41) is 17.8. The van der Waals surface area contributed by atoms with E-state index in [-0.39, 0.29) is 0 Å². The van der Waals surface area contributed by atoms with Gasteiger partial charge < -0.3 is 0 Å². The molecule has 0 unspecified atom stereocenters. The van der Waals surface area contributed by atoms with Crippen LogP contribution in [0.2, 0.25) is 0 Å². The smallest absolute Gasteiger partial charge is 0.160 e. The molecule has 3 heteroatoms. The third-order valence-corrected chi connectivity index (χ3v) is 12.3. The molecule has 12 rings (SSSR count). The molecule has 0 aliphatic rings. The molecule has 0 atom stereocenters. The van der Waals surface area contributed by atoms with Crippen LogP contribution in [0.4, 0.5) is 0 Å². The molecule has 2 nitrogen and oxygen atoms in total. The summed E-state index contributed by atoms with van der Waals surface area (Å²) in [6, 6.07) is 62.1. The lowest BCUT2D eigenvalue weighted by molar-refractivity contribution is 1.18. The van der Waals surface area contributed by atoms with Gasteiger partial charge >= 0.3 is 0 Å². The van der Waals surface area contributed by atoms with Crippen molar-refractivity contribution in [1.82, 2.24) is 9.97 Å². The molecule has 0 fully saturated rings. The van der Waals surface area contributed by atoms with Gasteiger partial charge in [-0.15, -0.1) is 11.3 Å². The molecule has 12 aromatic rings. The largest absolute Gasteiger partial charge is 0.228 e. The molecular formula is C50H28N2S. The summed E-state index contributed by atoms with van der Waals surface area (Å²) in [6.07, 6.45) is 0. The fourth-order valence-electron chi connectivity index (χ4n) is 8.78. The zero-order valence-corrected chi connectivity index (χ0v) is 29.3. The molecule has 0 N–H and O–H groups in total. The average molecular weight is 689 g/mol. The van der Waals surface area contributed by atoms with Crippen LogP contribution in [0.15, 0.2) is 170 Å². The van der Waals surface area contributed by atoms with E-state index in [1.807, 2.05) is 17.4 Å². The number of hydrogen-bond acceptors (Lipinski definition) is 3. The Hall–Kier alpha value is -6.68. The van der Waals surface area contributed by atoms with Crippen LogP contribution in [-0.4, -0.2) is 9.97 Å². The Labute approximate surface area is 308 Å². The summed E-state index contributed by atoms with van der Waals surface area (Å²) in [7, 11) is 0. The molecule has 0 spiro atoms. The molecule has 0 radical (unpaired) electrons. The maximum atomic E-state index is 5.32. The maximum absolute atomic E-state index is 5.32. The second-order valence-electron chi connectivity index (χ2n) is 14.1. The normalized spacial score (nSPS) is 12.2. The molecule has 0 saturated heterocycles. The Morgan fingerprint density at radius 2 is 0.830 bits per heavy atom. The lowest BCUT2D eigenvalue weighted by Crippen LogP contribution is -1.96. The summed E-state index contributed by atoms with van der Waals surface area (Å²) in [5.74, 6) is 0.720. The number of hydrogen-bond donors (Lipinski definition) is 0. The molecule has 53 heavy (non-hydrogen) atoms. The van der Waals surface area contributed by atoms with E-state index in [9.17, 15) is 0 Å². The van der Waals surface area contributed by atoms with E-state index in [4.69, 9.17) is 9.97 Å². The van der Waals surface area contributed by atoms with E-state index in [1.54, 1.807) is 0 Å². The lowest BCUT2D eigenvalue weighted by atomic mass is 9.87. The third-order valence-electron chi connectivity index (χ3n) is 11.2. The molecule has 244 valence electrons. The van der Waals surface area contributed by atoms with Crippen LogP contribution in [0.1, 0.15) is 0 Å². The summed E-state index contributed by atoms with van der Waals surface area (Å²) >= 11 is 1.84. The number of fused-ring (bicyclic) bond motifs is 5. The van der Waals surface area contributed by atoms with Crippen molar-refractivity contribution in [2.24, 2.45) is 0 Å². The zero-order chi connectivity index (χ0) is 34.6. The van der Waals surface area contributed by atoms with Gasteiger partial charge in [-0.2, -0.15) is 0 Å². The highest BCUT2D eigenvalue weighted by atomic mass is 32.1. The van der Waals surface area contributed by atoms with Crippen molar-refractivity contribution in [3.63, 3.8) is 0 Å². The predicted octanol–water partition coefficient (Wildman–Crippen LogP) is 14.2. The fraction of sp³-hybridized carbons (Fsp3) is 0. The first-order chi connectivity index (χ1) is 26.2. The van der Waals surface area contributed by atoms with E-state index in [2.05, 4.69) is 164 Å². The Morgan fingerprint density at radius 1 is 0.302 bits per heavy atom. The average Bonchev–Trinajstić information content (AvgIpc) is 3.60. The quantitative estimate of drug-likeness (QED) is 0.173. The van der Waals surface area contributed by atoms with Crippen LogP contribution in [0.3, 0.4) is 0 Å². The van der Waals surface area contributed by atoms with Gasteiger partial charge in [0.1, 0.15) is 0 Å². The standard InChI is InChI=1S/C50H28N2S/c1-2-9-32(10-3-1)50-51-42(33-23-24-45-40(26-33)36-14-4-5-18-44(36)53-45)28-43(52-50)35-25-34-22-21-31-12-7-16-38-37-15-6-11-29-19-20-30-13-8-17-39(48(30)46(29)37)41(27-35)49(34)47(31)38/h1-28H. The van der Waals surface area contributed by atoms with Crippen molar-refractivity contribution in [3.05, 3.63) is 170 Å². The van der Waals surface area contributed by atoms with Crippen molar-refractivity contribution in [2.45, 2.75) is 0 Å². The number of aromatic nitrogens is 2. The number of rotatable bonds is 3. The fourth-order valence-corrected chi connectivity index (χ4v) is 9.86. The van der Waals surface area contributed by atoms with Crippen molar-refractivity contribution in [2.75, 3.05) is 0 Å². The highest BCUT2D eigenvalue weighted by molar-refractivity contribution is 7.25. The maximum Gasteiger partial charge on any atom is 0.160 e. The van der Waals surface area contributed by atoms with Gasteiger partial charge in [0, 0.05) is 36.9 Å². The first kappa shape index (κ1) is 29.0. The molecule has 0 amide bonds. The summed E-state index contributed by atoms with van der Waals surface area (Å²) in [6.45, 7) is 0. The van der Waals surface area contributed by atoms with Crippen LogP contribution in [0, 0.1) is 0 Å². The first-order valence-corrected chi connectivity index (χ1v) is 18.9. The van der Waals surface area contributed by atoms with Crippen LogP contribution in [0.25, 0.3) is 119 Å². The van der Waals surface area contributed by atoms with E-state index in [1.165, 1.54) is 84.8 Å². The van der Waals surface area contributed by atoms with Gasteiger partial charge in [0.2, 0.25) is 0 Å². The Morgan fingerprint density at radius 3 is 1.53 bits per heavy atom. The van der Waals surface area contributed by atoms with E-state index in [0.29, 0.717) is 0 Å². The molecule has 0 saturated carbocycles.